The van der Waals surface area contributed by atoms with Crippen molar-refractivity contribution in [2.75, 3.05) is 19.8 Å². The van der Waals surface area contributed by atoms with Crippen molar-refractivity contribution in [3.63, 3.8) is 0 Å². The van der Waals surface area contributed by atoms with Gasteiger partial charge in [-0.25, -0.2) is 5.01 Å². The lowest BCUT2D eigenvalue weighted by atomic mass is 9.94. The standard InChI is InChI=1S/C7H12N2O2/c1-2-9-7(4-11-5-7)3-6(10)8-9/h2-5H2,1H3,(H,8,10). The van der Waals surface area contributed by atoms with E-state index in [0.717, 1.165) is 6.54 Å². The van der Waals surface area contributed by atoms with Gasteiger partial charge in [0.05, 0.1) is 25.2 Å². The monoisotopic (exact) mass is 156 g/mol. The Bertz CT molecular complexity index is 189. The third-order valence-electron chi connectivity index (χ3n) is 2.38. The Morgan fingerprint density at radius 2 is 2.45 bits per heavy atom. The van der Waals surface area contributed by atoms with Crippen molar-refractivity contribution >= 4 is 5.91 Å². The summed E-state index contributed by atoms with van der Waals surface area (Å²) in [5.41, 5.74) is 2.82. The fourth-order valence-corrected chi connectivity index (χ4v) is 1.71. The van der Waals surface area contributed by atoms with E-state index in [1.54, 1.807) is 0 Å². The Labute approximate surface area is 65.5 Å². The number of nitrogens with one attached hydrogen (secondary N) is 1. The quantitative estimate of drug-likeness (QED) is 0.557. The summed E-state index contributed by atoms with van der Waals surface area (Å²) in [6.45, 7) is 4.28. The van der Waals surface area contributed by atoms with Crippen molar-refractivity contribution in [3.05, 3.63) is 0 Å². The number of hydrogen-bond donors (Lipinski definition) is 1. The molecule has 62 valence electrons. The Kier molecular flexibility index (Phi) is 1.40. The average Bonchev–Trinajstić information content (AvgIpc) is 2.25. The highest BCUT2D eigenvalue weighted by Crippen LogP contribution is 2.30. The Balaban J connectivity index is 2.13. The van der Waals surface area contributed by atoms with E-state index in [1.165, 1.54) is 0 Å². The van der Waals surface area contributed by atoms with Crippen molar-refractivity contribution in [2.24, 2.45) is 0 Å². The van der Waals surface area contributed by atoms with Gasteiger partial charge in [0, 0.05) is 6.54 Å². The number of carbonyl (C=O) groups excluding carboxylic acids is 1. The van der Waals surface area contributed by atoms with E-state index < -0.39 is 0 Å². The lowest BCUT2D eigenvalue weighted by molar-refractivity contribution is -0.132. The maximum absolute atomic E-state index is 11.0. The first-order chi connectivity index (χ1) is 5.27. The first kappa shape index (κ1) is 7.06. The van der Waals surface area contributed by atoms with E-state index in [1.807, 2.05) is 11.9 Å². The molecule has 1 N–H and O–H groups in total. The van der Waals surface area contributed by atoms with Gasteiger partial charge in [0.15, 0.2) is 0 Å². The zero-order valence-corrected chi connectivity index (χ0v) is 6.59. The molecule has 2 heterocycles. The minimum atomic E-state index is 0.00579. The van der Waals surface area contributed by atoms with E-state index in [-0.39, 0.29) is 11.4 Å². The number of rotatable bonds is 1. The maximum atomic E-state index is 11.0. The second kappa shape index (κ2) is 2.19. The summed E-state index contributed by atoms with van der Waals surface area (Å²) in [5.74, 6) is 0.121. The Hall–Kier alpha value is -0.610. The lowest BCUT2D eigenvalue weighted by Gasteiger charge is -2.42. The van der Waals surface area contributed by atoms with Gasteiger partial charge >= 0.3 is 0 Å². The maximum Gasteiger partial charge on any atom is 0.236 e. The number of hydrazine groups is 1. The van der Waals surface area contributed by atoms with Gasteiger partial charge in [-0.15, -0.1) is 0 Å². The molecule has 2 aliphatic heterocycles. The summed E-state index contributed by atoms with van der Waals surface area (Å²) in [7, 11) is 0. The molecule has 1 spiro atoms. The molecule has 11 heavy (non-hydrogen) atoms. The molecule has 2 rings (SSSR count). The topological polar surface area (TPSA) is 41.6 Å². The van der Waals surface area contributed by atoms with Crippen molar-refractivity contribution in [1.29, 1.82) is 0 Å². The van der Waals surface area contributed by atoms with Crippen LogP contribution < -0.4 is 5.43 Å². The number of ether oxygens (including phenoxy) is 1. The average molecular weight is 156 g/mol. The second-order valence-electron chi connectivity index (χ2n) is 3.17. The third-order valence-corrected chi connectivity index (χ3v) is 2.38. The SMILES string of the molecule is CCN1NC(=O)CC12COC2. The highest BCUT2D eigenvalue weighted by Gasteiger charge is 2.50. The van der Waals surface area contributed by atoms with Gasteiger partial charge < -0.3 is 4.74 Å². The molecule has 0 aromatic heterocycles. The van der Waals surface area contributed by atoms with Gasteiger partial charge in [-0.2, -0.15) is 0 Å². The van der Waals surface area contributed by atoms with Crippen LogP contribution in [0, 0.1) is 0 Å². The molecule has 1 amide bonds. The number of likely N-dealkylation sites (N-methyl/N-ethyl adjacent to an activating group) is 1. The molecule has 0 bridgehead atoms. The number of carbonyl (C=O) groups is 1. The highest BCUT2D eigenvalue weighted by molar-refractivity contribution is 5.79. The lowest BCUT2D eigenvalue weighted by Crippen LogP contribution is -2.60. The van der Waals surface area contributed by atoms with E-state index in [0.29, 0.717) is 19.6 Å². The van der Waals surface area contributed by atoms with Crippen molar-refractivity contribution in [1.82, 2.24) is 10.4 Å². The molecular formula is C7H12N2O2. The molecule has 0 aromatic rings. The summed E-state index contributed by atoms with van der Waals surface area (Å²) in [6.07, 6.45) is 0.598. The van der Waals surface area contributed by atoms with Crippen LogP contribution in [0.2, 0.25) is 0 Å². The normalized spacial score (nSPS) is 28.6. The minimum Gasteiger partial charge on any atom is -0.377 e. The van der Waals surface area contributed by atoms with Crippen LogP contribution in [0.5, 0.6) is 0 Å². The predicted molar refractivity (Wildman–Crippen MR) is 38.7 cm³/mol. The fraction of sp³-hybridized carbons (Fsp3) is 0.857. The summed E-state index contributed by atoms with van der Waals surface area (Å²) in [4.78, 5) is 11.0. The van der Waals surface area contributed by atoms with Gasteiger partial charge in [-0.3, -0.25) is 10.2 Å². The first-order valence-corrected chi connectivity index (χ1v) is 3.92. The molecule has 0 atom stereocenters. The van der Waals surface area contributed by atoms with Gasteiger partial charge in [0.1, 0.15) is 0 Å². The molecule has 0 unspecified atom stereocenters. The molecule has 4 nitrogen and oxygen atoms in total. The Morgan fingerprint density at radius 3 is 2.82 bits per heavy atom. The predicted octanol–water partition coefficient (Wildman–Crippen LogP) is -0.488. The number of hydrogen-bond acceptors (Lipinski definition) is 3. The van der Waals surface area contributed by atoms with Gasteiger partial charge in [-0.05, 0) is 0 Å². The van der Waals surface area contributed by atoms with Crippen LogP contribution in [0.3, 0.4) is 0 Å². The smallest absolute Gasteiger partial charge is 0.236 e. The molecule has 4 heteroatoms. The molecule has 2 saturated heterocycles. The molecule has 0 aliphatic carbocycles. The van der Waals surface area contributed by atoms with Crippen molar-refractivity contribution in [2.45, 2.75) is 18.9 Å². The molecule has 0 radical (unpaired) electrons. The minimum absolute atomic E-state index is 0.00579. The van der Waals surface area contributed by atoms with E-state index >= 15 is 0 Å². The summed E-state index contributed by atoms with van der Waals surface area (Å²) in [5, 5.41) is 1.98. The van der Waals surface area contributed by atoms with Crippen LogP contribution in [-0.2, 0) is 9.53 Å². The van der Waals surface area contributed by atoms with Crippen LogP contribution in [0.4, 0.5) is 0 Å². The van der Waals surface area contributed by atoms with E-state index in [9.17, 15) is 4.79 Å². The highest BCUT2D eigenvalue weighted by atomic mass is 16.5. The molecule has 0 saturated carbocycles. The number of nitrogens with zero attached hydrogens (tertiary/aromatic N) is 1. The molecule has 2 aliphatic rings. The van der Waals surface area contributed by atoms with E-state index in [4.69, 9.17) is 4.74 Å². The van der Waals surface area contributed by atoms with Crippen LogP contribution in [-0.4, -0.2) is 36.2 Å². The van der Waals surface area contributed by atoms with Gasteiger partial charge in [-0.1, -0.05) is 6.92 Å². The number of amides is 1. The second-order valence-corrected chi connectivity index (χ2v) is 3.17. The zero-order chi connectivity index (χ0) is 7.90. The van der Waals surface area contributed by atoms with Crippen molar-refractivity contribution < 1.29 is 9.53 Å². The van der Waals surface area contributed by atoms with Crippen molar-refractivity contribution in [3.8, 4) is 0 Å². The molecular weight excluding hydrogens is 144 g/mol. The van der Waals surface area contributed by atoms with Crippen LogP contribution in [0.15, 0.2) is 0 Å². The van der Waals surface area contributed by atoms with Crippen LogP contribution >= 0.6 is 0 Å². The zero-order valence-electron chi connectivity index (χ0n) is 6.59. The third kappa shape index (κ3) is 0.862. The van der Waals surface area contributed by atoms with Gasteiger partial charge in [0.2, 0.25) is 5.91 Å². The summed E-state index contributed by atoms with van der Waals surface area (Å²) >= 11 is 0. The van der Waals surface area contributed by atoms with E-state index in [2.05, 4.69) is 5.43 Å². The van der Waals surface area contributed by atoms with Crippen LogP contribution in [0.25, 0.3) is 0 Å². The molecule has 0 aromatic carbocycles. The molecule has 2 fully saturated rings. The first-order valence-electron chi connectivity index (χ1n) is 3.92. The largest absolute Gasteiger partial charge is 0.377 e. The fourth-order valence-electron chi connectivity index (χ4n) is 1.71. The summed E-state index contributed by atoms with van der Waals surface area (Å²) < 4.78 is 5.11. The van der Waals surface area contributed by atoms with Gasteiger partial charge in [0.25, 0.3) is 0 Å². The van der Waals surface area contributed by atoms with Crippen LogP contribution in [0.1, 0.15) is 13.3 Å². The summed E-state index contributed by atoms with van der Waals surface area (Å²) in [6, 6.07) is 0. The Morgan fingerprint density at radius 1 is 1.73 bits per heavy atom.